The molecule has 0 bridgehead atoms. The van der Waals surface area contributed by atoms with E-state index >= 15 is 0 Å². The van der Waals surface area contributed by atoms with Gasteiger partial charge in [0, 0.05) is 19.3 Å². The third-order valence-electron chi connectivity index (χ3n) is 4.09. The third kappa shape index (κ3) is 2.77. The van der Waals surface area contributed by atoms with Crippen LogP contribution in [0.5, 0.6) is 0 Å². The van der Waals surface area contributed by atoms with E-state index in [4.69, 9.17) is 4.84 Å². The lowest BCUT2D eigenvalue weighted by Crippen LogP contribution is -2.18. The van der Waals surface area contributed by atoms with Crippen LogP contribution in [0.3, 0.4) is 0 Å². The standard InChI is InChI=1S/C19H19N3OS/c1-14-13-24-19-17(16-8-5-10-22(16)18(14)19)21-23-11-9-20-12-15-6-3-2-4-7-15/h2-8,10,13,20H,9,11-12H2,1H3. The molecule has 3 aromatic rings. The molecule has 0 fully saturated rings. The highest BCUT2D eigenvalue weighted by Crippen LogP contribution is 2.35. The molecule has 3 heterocycles. The predicted molar refractivity (Wildman–Crippen MR) is 98.1 cm³/mol. The predicted octanol–water partition coefficient (Wildman–Crippen LogP) is 3.72. The van der Waals surface area contributed by atoms with Crippen LogP contribution >= 0.6 is 11.3 Å². The number of nitrogens with zero attached hydrogens (tertiary/aromatic N) is 2. The Labute approximate surface area is 145 Å². The third-order valence-corrected chi connectivity index (χ3v) is 5.18. The summed E-state index contributed by atoms with van der Waals surface area (Å²) in [5, 5.41) is 9.94. The van der Waals surface area contributed by atoms with Crippen molar-refractivity contribution < 1.29 is 4.84 Å². The van der Waals surface area contributed by atoms with Crippen LogP contribution in [0.25, 0.3) is 5.69 Å². The molecule has 0 aliphatic carbocycles. The van der Waals surface area contributed by atoms with Gasteiger partial charge in [0.1, 0.15) is 12.3 Å². The SMILES string of the molecule is Cc1csc2c1-n1cccc1C2=NOCCNCc1ccccc1. The van der Waals surface area contributed by atoms with Crippen LogP contribution in [0, 0.1) is 6.92 Å². The summed E-state index contributed by atoms with van der Waals surface area (Å²) >= 11 is 1.73. The van der Waals surface area contributed by atoms with Gasteiger partial charge in [-0.3, -0.25) is 0 Å². The van der Waals surface area contributed by atoms with Gasteiger partial charge in [-0.25, -0.2) is 0 Å². The Balaban J connectivity index is 1.35. The fourth-order valence-electron chi connectivity index (χ4n) is 2.94. The quantitative estimate of drug-likeness (QED) is 0.430. The average molecular weight is 337 g/mol. The van der Waals surface area contributed by atoms with Crippen LogP contribution in [0.2, 0.25) is 0 Å². The van der Waals surface area contributed by atoms with Crippen LogP contribution in [-0.4, -0.2) is 23.4 Å². The molecule has 1 N–H and O–H groups in total. The van der Waals surface area contributed by atoms with Crippen molar-refractivity contribution >= 4 is 17.0 Å². The Bertz CT molecular complexity index is 864. The smallest absolute Gasteiger partial charge is 0.146 e. The summed E-state index contributed by atoms with van der Waals surface area (Å²) in [7, 11) is 0. The molecule has 4 nitrogen and oxygen atoms in total. The molecule has 0 spiro atoms. The number of aromatic nitrogens is 1. The highest BCUT2D eigenvalue weighted by molar-refractivity contribution is 7.13. The second kappa shape index (κ2) is 6.63. The maximum atomic E-state index is 5.57. The minimum absolute atomic E-state index is 0.552. The van der Waals surface area contributed by atoms with E-state index < -0.39 is 0 Å². The number of hydrogen-bond acceptors (Lipinski definition) is 4. The molecule has 1 aromatic carbocycles. The van der Waals surface area contributed by atoms with E-state index in [1.165, 1.54) is 21.7 Å². The highest BCUT2D eigenvalue weighted by atomic mass is 32.1. The lowest BCUT2D eigenvalue weighted by molar-refractivity contribution is 0.146. The first-order chi connectivity index (χ1) is 11.8. The maximum Gasteiger partial charge on any atom is 0.146 e. The summed E-state index contributed by atoms with van der Waals surface area (Å²) in [5.41, 5.74) is 5.84. The van der Waals surface area contributed by atoms with Gasteiger partial charge in [0.2, 0.25) is 0 Å². The topological polar surface area (TPSA) is 38.5 Å². The highest BCUT2D eigenvalue weighted by Gasteiger charge is 2.28. The Morgan fingerprint density at radius 1 is 1.17 bits per heavy atom. The Morgan fingerprint density at radius 2 is 2.04 bits per heavy atom. The molecule has 2 aromatic heterocycles. The molecule has 0 atom stereocenters. The molecule has 0 radical (unpaired) electrons. The second-order valence-electron chi connectivity index (χ2n) is 5.80. The first-order valence-corrected chi connectivity index (χ1v) is 8.94. The molecule has 0 unspecified atom stereocenters. The van der Waals surface area contributed by atoms with Crippen molar-refractivity contribution in [2.75, 3.05) is 13.2 Å². The van der Waals surface area contributed by atoms with Gasteiger partial charge in [-0.05, 0) is 35.6 Å². The zero-order valence-corrected chi connectivity index (χ0v) is 14.3. The number of rotatable bonds is 6. The molecule has 24 heavy (non-hydrogen) atoms. The molecule has 0 saturated heterocycles. The molecular weight excluding hydrogens is 318 g/mol. The molecule has 1 aliphatic rings. The van der Waals surface area contributed by atoms with Gasteiger partial charge in [0.25, 0.3) is 0 Å². The van der Waals surface area contributed by atoms with Crippen molar-refractivity contribution in [3.8, 4) is 5.69 Å². The first kappa shape index (κ1) is 15.2. The van der Waals surface area contributed by atoms with Crippen LogP contribution in [0.1, 0.15) is 21.7 Å². The van der Waals surface area contributed by atoms with Crippen LogP contribution < -0.4 is 5.32 Å². The van der Waals surface area contributed by atoms with Gasteiger partial charge in [0.15, 0.2) is 0 Å². The summed E-state index contributed by atoms with van der Waals surface area (Å²) in [6.45, 7) is 4.30. The lowest BCUT2D eigenvalue weighted by atomic mass is 10.2. The molecular formula is C19H19N3OS. The molecule has 0 amide bonds. The minimum atomic E-state index is 0.552. The second-order valence-corrected chi connectivity index (χ2v) is 6.68. The van der Waals surface area contributed by atoms with Crippen LogP contribution in [-0.2, 0) is 11.4 Å². The van der Waals surface area contributed by atoms with Crippen LogP contribution in [0.15, 0.2) is 59.2 Å². The van der Waals surface area contributed by atoms with Gasteiger partial charge < -0.3 is 14.7 Å². The number of oxime groups is 1. The molecule has 1 aliphatic heterocycles. The fraction of sp³-hybridized carbons (Fsp3) is 0.211. The molecule has 5 heteroatoms. The molecule has 0 saturated carbocycles. The monoisotopic (exact) mass is 337 g/mol. The van der Waals surface area contributed by atoms with Crippen molar-refractivity contribution in [2.24, 2.45) is 5.16 Å². The number of aryl methyl sites for hydroxylation is 1. The van der Waals surface area contributed by atoms with E-state index in [1.54, 1.807) is 11.3 Å². The van der Waals surface area contributed by atoms with E-state index in [9.17, 15) is 0 Å². The van der Waals surface area contributed by atoms with Gasteiger partial charge in [-0.1, -0.05) is 35.5 Å². The lowest BCUT2D eigenvalue weighted by Gasteiger charge is -2.04. The summed E-state index contributed by atoms with van der Waals surface area (Å²) in [5.74, 6) is 0. The molecule has 4 rings (SSSR count). The normalized spacial score (nSPS) is 14.0. The average Bonchev–Trinajstić information content (AvgIpc) is 3.27. The van der Waals surface area contributed by atoms with Crippen molar-refractivity contribution in [1.82, 2.24) is 9.88 Å². The van der Waals surface area contributed by atoms with Crippen molar-refractivity contribution in [3.63, 3.8) is 0 Å². The fourth-order valence-corrected chi connectivity index (χ4v) is 3.97. The van der Waals surface area contributed by atoms with Crippen molar-refractivity contribution in [3.05, 3.63) is 75.7 Å². The zero-order valence-electron chi connectivity index (χ0n) is 13.5. The van der Waals surface area contributed by atoms with E-state index in [0.717, 1.165) is 24.5 Å². The summed E-state index contributed by atoms with van der Waals surface area (Å²) in [4.78, 5) is 6.76. The van der Waals surface area contributed by atoms with E-state index in [-0.39, 0.29) is 0 Å². The van der Waals surface area contributed by atoms with E-state index in [0.29, 0.717) is 6.61 Å². The number of hydrogen-bond donors (Lipinski definition) is 1. The Morgan fingerprint density at radius 3 is 2.92 bits per heavy atom. The maximum absolute atomic E-state index is 5.57. The number of benzene rings is 1. The van der Waals surface area contributed by atoms with Gasteiger partial charge in [-0.15, -0.1) is 11.3 Å². The Hall–Kier alpha value is -2.37. The van der Waals surface area contributed by atoms with E-state index in [2.05, 4.69) is 63.9 Å². The summed E-state index contributed by atoms with van der Waals surface area (Å²) in [6.07, 6.45) is 2.08. The van der Waals surface area contributed by atoms with Crippen molar-refractivity contribution in [1.29, 1.82) is 0 Å². The number of fused-ring (bicyclic) bond motifs is 3. The minimum Gasteiger partial charge on any atom is -0.394 e. The molecule has 122 valence electrons. The number of thiophene rings is 1. The van der Waals surface area contributed by atoms with Crippen molar-refractivity contribution in [2.45, 2.75) is 13.5 Å². The number of nitrogens with one attached hydrogen (secondary N) is 1. The van der Waals surface area contributed by atoms with E-state index in [1.807, 2.05) is 12.1 Å². The van der Waals surface area contributed by atoms with Gasteiger partial charge >= 0.3 is 0 Å². The van der Waals surface area contributed by atoms with Crippen LogP contribution in [0.4, 0.5) is 0 Å². The largest absolute Gasteiger partial charge is 0.394 e. The summed E-state index contributed by atoms with van der Waals surface area (Å²) in [6, 6.07) is 14.5. The first-order valence-electron chi connectivity index (χ1n) is 8.06. The summed E-state index contributed by atoms with van der Waals surface area (Å²) < 4.78 is 2.19. The zero-order chi connectivity index (χ0) is 16.4. The van der Waals surface area contributed by atoms with Gasteiger partial charge in [-0.2, -0.15) is 0 Å². The Kier molecular flexibility index (Phi) is 4.19. The van der Waals surface area contributed by atoms with Gasteiger partial charge in [0.05, 0.1) is 16.3 Å².